The van der Waals surface area contributed by atoms with E-state index in [1.165, 1.54) is 21.2 Å². The second-order valence-electron chi connectivity index (χ2n) is 5.95. The number of fused-ring (bicyclic) bond motifs is 1. The average molecular weight is 337 g/mol. The summed E-state index contributed by atoms with van der Waals surface area (Å²) in [7, 11) is 0. The Labute approximate surface area is 148 Å². The summed E-state index contributed by atoms with van der Waals surface area (Å²) in [6.07, 6.45) is 4.80. The molecule has 0 fully saturated rings. The molecule has 3 nitrogen and oxygen atoms in total. The molecule has 0 bridgehead atoms. The zero-order valence-corrected chi connectivity index (χ0v) is 14.7. The molecule has 0 radical (unpaired) electrons. The molecule has 0 aliphatic heterocycles. The zero-order valence-electron chi connectivity index (χ0n) is 13.9. The molecule has 124 valence electrons. The van der Waals surface area contributed by atoms with Gasteiger partial charge in [-0.1, -0.05) is 36.4 Å². The number of benzene rings is 2. The van der Waals surface area contributed by atoms with E-state index >= 15 is 0 Å². The maximum absolute atomic E-state index is 4.15. The summed E-state index contributed by atoms with van der Waals surface area (Å²) >= 11 is 1.69. The summed E-state index contributed by atoms with van der Waals surface area (Å²) in [5.41, 5.74) is 1.38. The van der Waals surface area contributed by atoms with E-state index < -0.39 is 0 Å². The summed E-state index contributed by atoms with van der Waals surface area (Å²) in [4.78, 5) is 5.38. The third kappa shape index (κ3) is 5.06. The van der Waals surface area contributed by atoms with Crippen molar-refractivity contribution < 1.29 is 0 Å². The lowest BCUT2D eigenvalue weighted by Crippen LogP contribution is -2.33. The predicted octanol–water partition coefficient (Wildman–Crippen LogP) is 4.05. The van der Waals surface area contributed by atoms with E-state index in [0.717, 1.165) is 19.5 Å². The minimum absolute atomic E-state index is 0.402. The van der Waals surface area contributed by atoms with Crippen LogP contribution in [0.5, 0.6) is 0 Å². The van der Waals surface area contributed by atoms with Crippen LogP contribution in [0.3, 0.4) is 0 Å². The Bertz CT molecular complexity index is 761. The Morgan fingerprint density at radius 3 is 2.79 bits per heavy atom. The van der Waals surface area contributed by atoms with E-state index in [9.17, 15) is 0 Å². The van der Waals surface area contributed by atoms with Crippen LogP contribution < -0.4 is 10.0 Å². The highest BCUT2D eigenvalue weighted by atomic mass is 32.2. The number of nitrogens with one attached hydrogen (secondary N) is 2. The van der Waals surface area contributed by atoms with Crippen molar-refractivity contribution in [2.75, 3.05) is 13.1 Å². The van der Waals surface area contributed by atoms with Gasteiger partial charge in [-0.25, -0.2) is 0 Å². The van der Waals surface area contributed by atoms with Crippen LogP contribution in [0.1, 0.15) is 12.5 Å². The quantitative estimate of drug-likeness (QED) is 0.480. The van der Waals surface area contributed by atoms with Gasteiger partial charge < -0.3 is 5.32 Å². The van der Waals surface area contributed by atoms with Crippen molar-refractivity contribution in [2.24, 2.45) is 0 Å². The first-order chi connectivity index (χ1) is 11.8. The third-order valence-corrected chi connectivity index (χ3v) is 4.88. The van der Waals surface area contributed by atoms with Crippen molar-refractivity contribution in [2.45, 2.75) is 24.3 Å². The van der Waals surface area contributed by atoms with Gasteiger partial charge in [0.25, 0.3) is 0 Å². The van der Waals surface area contributed by atoms with Gasteiger partial charge in [0.1, 0.15) is 0 Å². The molecule has 0 amide bonds. The van der Waals surface area contributed by atoms with Gasteiger partial charge in [-0.2, -0.15) is 0 Å². The fraction of sp³-hybridized carbons (Fsp3) is 0.250. The lowest BCUT2D eigenvalue weighted by atomic mass is 10.1. The predicted molar refractivity (Wildman–Crippen MR) is 103 cm³/mol. The van der Waals surface area contributed by atoms with Crippen molar-refractivity contribution in [1.29, 1.82) is 0 Å². The van der Waals surface area contributed by atoms with E-state index in [-0.39, 0.29) is 0 Å². The molecular weight excluding hydrogens is 314 g/mol. The lowest BCUT2D eigenvalue weighted by molar-refractivity contribution is 0.586. The largest absolute Gasteiger partial charge is 0.315 e. The van der Waals surface area contributed by atoms with Gasteiger partial charge in [0.05, 0.1) is 0 Å². The van der Waals surface area contributed by atoms with Crippen LogP contribution in [0.2, 0.25) is 0 Å². The van der Waals surface area contributed by atoms with Crippen molar-refractivity contribution >= 4 is 22.7 Å². The van der Waals surface area contributed by atoms with Crippen LogP contribution in [-0.4, -0.2) is 24.1 Å². The van der Waals surface area contributed by atoms with Gasteiger partial charge in [-0.05, 0) is 61.0 Å². The molecular formula is C20H23N3S. The summed E-state index contributed by atoms with van der Waals surface area (Å²) in [5, 5.41) is 5.92. The topological polar surface area (TPSA) is 37.0 Å². The van der Waals surface area contributed by atoms with Crippen molar-refractivity contribution in [3.63, 3.8) is 0 Å². The monoisotopic (exact) mass is 337 g/mol. The van der Waals surface area contributed by atoms with Gasteiger partial charge in [0, 0.05) is 35.3 Å². The Kier molecular flexibility index (Phi) is 6.24. The van der Waals surface area contributed by atoms with Gasteiger partial charge >= 0.3 is 0 Å². The Morgan fingerprint density at radius 2 is 1.92 bits per heavy atom. The van der Waals surface area contributed by atoms with Crippen LogP contribution in [0.4, 0.5) is 0 Å². The highest BCUT2D eigenvalue weighted by molar-refractivity contribution is 7.97. The molecule has 3 aromatic rings. The van der Waals surface area contributed by atoms with Gasteiger partial charge in [-0.3, -0.25) is 9.71 Å². The first-order valence-electron chi connectivity index (χ1n) is 8.32. The van der Waals surface area contributed by atoms with E-state index in [2.05, 4.69) is 70.5 Å². The number of pyridine rings is 1. The average Bonchev–Trinajstić information content (AvgIpc) is 2.64. The number of nitrogens with zero attached hydrogens (tertiary/aromatic N) is 1. The molecule has 0 spiro atoms. The number of hydrogen-bond donors (Lipinski definition) is 2. The summed E-state index contributed by atoms with van der Waals surface area (Å²) in [6, 6.07) is 19.5. The number of aromatic nitrogens is 1. The molecule has 1 heterocycles. The molecule has 0 aliphatic carbocycles. The minimum atomic E-state index is 0.402. The van der Waals surface area contributed by atoms with E-state index in [1.54, 1.807) is 11.9 Å². The van der Waals surface area contributed by atoms with Gasteiger partial charge in [0.2, 0.25) is 0 Å². The molecule has 0 saturated carbocycles. The van der Waals surface area contributed by atoms with E-state index in [0.29, 0.717) is 6.04 Å². The second kappa shape index (κ2) is 8.83. The third-order valence-electron chi connectivity index (χ3n) is 3.87. The first kappa shape index (κ1) is 17.0. The summed E-state index contributed by atoms with van der Waals surface area (Å²) < 4.78 is 3.50. The van der Waals surface area contributed by atoms with Crippen LogP contribution in [0.15, 0.2) is 71.9 Å². The van der Waals surface area contributed by atoms with Crippen molar-refractivity contribution in [1.82, 2.24) is 15.0 Å². The second-order valence-corrected chi connectivity index (χ2v) is 6.86. The zero-order chi connectivity index (χ0) is 16.6. The lowest BCUT2D eigenvalue weighted by Gasteiger charge is -2.14. The van der Waals surface area contributed by atoms with Crippen molar-refractivity contribution in [3.05, 3.63) is 72.6 Å². The molecule has 2 N–H and O–H groups in total. The molecule has 1 atom stereocenters. The van der Waals surface area contributed by atoms with E-state index in [4.69, 9.17) is 0 Å². The van der Waals surface area contributed by atoms with Crippen LogP contribution >= 0.6 is 11.9 Å². The van der Waals surface area contributed by atoms with Gasteiger partial charge in [-0.15, -0.1) is 0 Å². The molecule has 4 heteroatoms. The van der Waals surface area contributed by atoms with E-state index in [1.807, 2.05) is 18.5 Å². The maximum Gasteiger partial charge on any atom is 0.0346 e. The molecule has 0 saturated heterocycles. The first-order valence-corrected chi connectivity index (χ1v) is 9.14. The fourth-order valence-electron chi connectivity index (χ4n) is 2.53. The smallest absolute Gasteiger partial charge is 0.0346 e. The minimum Gasteiger partial charge on any atom is -0.315 e. The fourth-order valence-corrected chi connectivity index (χ4v) is 3.27. The van der Waals surface area contributed by atoms with Crippen molar-refractivity contribution in [3.8, 4) is 0 Å². The normalized spacial score (nSPS) is 12.4. The molecule has 2 aromatic carbocycles. The highest BCUT2D eigenvalue weighted by Crippen LogP contribution is 2.21. The number of hydrogen-bond acceptors (Lipinski definition) is 4. The van der Waals surface area contributed by atoms with Gasteiger partial charge in [0.15, 0.2) is 0 Å². The Balaban J connectivity index is 1.39. The Morgan fingerprint density at radius 1 is 1.04 bits per heavy atom. The summed E-state index contributed by atoms with van der Waals surface area (Å²) in [5.74, 6) is 0. The molecule has 24 heavy (non-hydrogen) atoms. The molecule has 3 rings (SSSR count). The molecule has 0 aliphatic rings. The highest BCUT2D eigenvalue weighted by Gasteiger charge is 2.03. The number of rotatable bonds is 8. The Hall–Kier alpha value is -1.88. The standard InChI is InChI=1S/C20H23N3S/c1-16(14-21-11-9-17-5-3-2-4-6-17)23-24-20-8-7-19-15-22-12-10-18(19)13-20/h2-8,10,12-13,15-16,21,23H,9,11,14H2,1H3. The van der Waals surface area contributed by atoms with Crippen LogP contribution in [-0.2, 0) is 6.42 Å². The van der Waals surface area contributed by atoms with Crippen LogP contribution in [0.25, 0.3) is 10.8 Å². The summed E-state index contributed by atoms with van der Waals surface area (Å²) in [6.45, 7) is 4.16. The SMILES string of the molecule is CC(CNCCc1ccccc1)NSc1ccc2cnccc2c1. The molecule has 1 aromatic heterocycles. The maximum atomic E-state index is 4.15. The van der Waals surface area contributed by atoms with Crippen LogP contribution in [0, 0.1) is 0 Å². The molecule has 1 unspecified atom stereocenters.